The summed E-state index contributed by atoms with van der Waals surface area (Å²) in [6, 6.07) is -0.810. The number of amides is 1. The number of nitrogens with one attached hydrogen (secondary N) is 1. The SMILES string of the molecule is CCCCCCCCCCCCCCCCCCCCC/C=C/CC/C=C/C(O)C(CO)NC(=O)C(O)CCCCCCCCCCCCCC. The zero-order valence-corrected chi connectivity index (χ0v) is 34.2. The van der Waals surface area contributed by atoms with Gasteiger partial charge in [0.25, 0.3) is 0 Å². The monoisotopic (exact) mass is 720 g/mol. The molecule has 5 heteroatoms. The van der Waals surface area contributed by atoms with Crippen molar-refractivity contribution in [1.82, 2.24) is 5.32 Å². The molecule has 51 heavy (non-hydrogen) atoms. The zero-order chi connectivity index (χ0) is 37.3. The van der Waals surface area contributed by atoms with Crippen LogP contribution in [0, 0.1) is 0 Å². The number of aliphatic hydroxyl groups is 3. The van der Waals surface area contributed by atoms with Crippen LogP contribution < -0.4 is 5.32 Å². The first-order valence-corrected chi connectivity index (χ1v) is 22.7. The van der Waals surface area contributed by atoms with Crippen molar-refractivity contribution < 1.29 is 20.1 Å². The van der Waals surface area contributed by atoms with Crippen LogP contribution in [0.1, 0.15) is 239 Å². The highest BCUT2D eigenvalue weighted by atomic mass is 16.3. The lowest BCUT2D eigenvalue weighted by molar-refractivity contribution is -0.131. The van der Waals surface area contributed by atoms with Crippen LogP contribution in [0.15, 0.2) is 24.3 Å². The first-order chi connectivity index (χ1) is 25.1. The maximum Gasteiger partial charge on any atom is 0.249 e. The Labute approximate surface area is 318 Å². The Balaban J connectivity index is 3.64. The van der Waals surface area contributed by atoms with Gasteiger partial charge in [0.2, 0.25) is 5.91 Å². The van der Waals surface area contributed by atoms with E-state index in [-0.39, 0.29) is 6.61 Å². The van der Waals surface area contributed by atoms with E-state index >= 15 is 0 Å². The molecule has 3 unspecified atom stereocenters. The summed E-state index contributed by atoms with van der Waals surface area (Å²) in [7, 11) is 0. The molecular formula is C46H89NO4. The molecule has 0 fully saturated rings. The third kappa shape index (κ3) is 37.0. The van der Waals surface area contributed by atoms with Gasteiger partial charge in [-0.05, 0) is 32.1 Å². The van der Waals surface area contributed by atoms with Gasteiger partial charge < -0.3 is 20.6 Å². The summed E-state index contributed by atoms with van der Waals surface area (Å²) in [5.41, 5.74) is 0. The normalized spacial score (nSPS) is 13.7. The number of rotatable bonds is 41. The third-order valence-corrected chi connectivity index (χ3v) is 10.5. The molecule has 0 spiro atoms. The number of unbranched alkanes of at least 4 members (excludes halogenated alkanes) is 31. The second-order valence-electron chi connectivity index (χ2n) is 15.6. The van der Waals surface area contributed by atoms with E-state index < -0.39 is 24.2 Å². The fourth-order valence-corrected chi connectivity index (χ4v) is 6.97. The number of hydrogen-bond acceptors (Lipinski definition) is 4. The van der Waals surface area contributed by atoms with Gasteiger partial charge in [0, 0.05) is 0 Å². The van der Waals surface area contributed by atoms with Gasteiger partial charge in [-0.3, -0.25) is 4.79 Å². The van der Waals surface area contributed by atoms with E-state index in [2.05, 4.69) is 31.3 Å². The van der Waals surface area contributed by atoms with Crippen molar-refractivity contribution in [3.05, 3.63) is 24.3 Å². The van der Waals surface area contributed by atoms with E-state index in [1.165, 1.54) is 180 Å². The molecule has 4 N–H and O–H groups in total. The standard InChI is InChI=1S/C46H89NO4/c1-3-5-7-9-11-13-15-17-18-19-20-21-22-23-24-25-26-27-28-29-31-32-34-36-38-40-44(49)43(42-48)47-46(51)45(50)41-39-37-35-33-30-16-14-12-10-8-6-4-2/h31-32,38,40,43-45,48-50H,3-30,33-37,39,41-42H2,1-2H3,(H,47,51)/b32-31+,40-38+. The molecule has 0 saturated carbocycles. The molecule has 5 nitrogen and oxygen atoms in total. The lowest BCUT2D eigenvalue weighted by atomic mass is 10.0. The minimum Gasteiger partial charge on any atom is -0.394 e. The summed E-state index contributed by atoms with van der Waals surface area (Å²) in [5.74, 6) is -0.512. The van der Waals surface area contributed by atoms with Gasteiger partial charge >= 0.3 is 0 Å². The largest absolute Gasteiger partial charge is 0.394 e. The molecule has 0 heterocycles. The molecule has 0 aromatic rings. The van der Waals surface area contributed by atoms with Crippen molar-refractivity contribution in [3.63, 3.8) is 0 Å². The molecule has 3 atom stereocenters. The predicted octanol–water partition coefficient (Wildman–Crippen LogP) is 13.0. The van der Waals surface area contributed by atoms with E-state index in [4.69, 9.17) is 0 Å². The molecule has 0 bridgehead atoms. The van der Waals surface area contributed by atoms with Gasteiger partial charge in [-0.1, -0.05) is 231 Å². The van der Waals surface area contributed by atoms with Gasteiger partial charge in [-0.15, -0.1) is 0 Å². The average molecular weight is 720 g/mol. The van der Waals surface area contributed by atoms with Crippen LogP contribution in [0.3, 0.4) is 0 Å². The molecule has 0 aliphatic rings. The Morgan fingerprint density at radius 3 is 1.20 bits per heavy atom. The summed E-state index contributed by atoms with van der Waals surface area (Å²) < 4.78 is 0. The minimum atomic E-state index is -1.10. The Morgan fingerprint density at radius 1 is 0.471 bits per heavy atom. The van der Waals surface area contributed by atoms with Crippen molar-refractivity contribution >= 4 is 5.91 Å². The van der Waals surface area contributed by atoms with Gasteiger partial charge in [0.1, 0.15) is 6.10 Å². The number of aliphatic hydroxyl groups excluding tert-OH is 3. The Hall–Kier alpha value is -1.17. The second kappa shape index (κ2) is 41.6. The zero-order valence-electron chi connectivity index (χ0n) is 34.2. The van der Waals surface area contributed by atoms with Crippen LogP contribution in [0.5, 0.6) is 0 Å². The summed E-state index contributed by atoms with van der Waals surface area (Å²) in [6.07, 6.45) is 50.8. The second-order valence-corrected chi connectivity index (χ2v) is 15.6. The highest BCUT2D eigenvalue weighted by Gasteiger charge is 2.22. The first kappa shape index (κ1) is 49.8. The van der Waals surface area contributed by atoms with Crippen LogP contribution in [-0.2, 0) is 4.79 Å². The lowest BCUT2D eigenvalue weighted by Gasteiger charge is -2.21. The van der Waals surface area contributed by atoms with Crippen molar-refractivity contribution in [2.24, 2.45) is 0 Å². The molecule has 0 aliphatic heterocycles. The molecule has 0 aromatic heterocycles. The maximum absolute atomic E-state index is 12.4. The predicted molar refractivity (Wildman–Crippen MR) is 222 cm³/mol. The fourth-order valence-electron chi connectivity index (χ4n) is 6.97. The third-order valence-electron chi connectivity index (χ3n) is 10.5. The molecule has 1 amide bonds. The highest BCUT2D eigenvalue weighted by Crippen LogP contribution is 2.16. The first-order valence-electron chi connectivity index (χ1n) is 22.7. The Kier molecular flexibility index (Phi) is 40.6. The van der Waals surface area contributed by atoms with Crippen LogP contribution in [0.25, 0.3) is 0 Å². The smallest absolute Gasteiger partial charge is 0.249 e. The number of carbonyl (C=O) groups is 1. The van der Waals surface area contributed by atoms with Crippen molar-refractivity contribution in [1.29, 1.82) is 0 Å². The van der Waals surface area contributed by atoms with Crippen molar-refractivity contribution in [2.75, 3.05) is 6.61 Å². The maximum atomic E-state index is 12.4. The number of carbonyl (C=O) groups excluding carboxylic acids is 1. The summed E-state index contributed by atoms with van der Waals surface area (Å²) in [5, 5.41) is 33.1. The molecule has 0 rings (SSSR count). The van der Waals surface area contributed by atoms with Crippen LogP contribution >= 0.6 is 0 Å². The van der Waals surface area contributed by atoms with E-state index in [9.17, 15) is 20.1 Å². The molecule has 0 saturated heterocycles. The molecule has 0 radical (unpaired) electrons. The molecule has 0 aliphatic carbocycles. The van der Waals surface area contributed by atoms with E-state index in [1.807, 2.05) is 6.08 Å². The highest BCUT2D eigenvalue weighted by molar-refractivity contribution is 5.80. The van der Waals surface area contributed by atoms with Crippen molar-refractivity contribution in [3.8, 4) is 0 Å². The van der Waals surface area contributed by atoms with Gasteiger partial charge in [-0.25, -0.2) is 0 Å². The Morgan fingerprint density at radius 2 is 0.804 bits per heavy atom. The van der Waals surface area contributed by atoms with Crippen LogP contribution in [0.2, 0.25) is 0 Å². The summed E-state index contributed by atoms with van der Waals surface area (Å²) in [4.78, 5) is 12.4. The van der Waals surface area contributed by atoms with E-state index in [0.29, 0.717) is 6.42 Å². The Bertz CT molecular complexity index is 754. The molecule has 0 aromatic carbocycles. The van der Waals surface area contributed by atoms with Crippen molar-refractivity contribution in [2.45, 2.75) is 257 Å². The fraction of sp³-hybridized carbons (Fsp3) is 0.891. The van der Waals surface area contributed by atoms with Gasteiger partial charge in [0.05, 0.1) is 18.8 Å². The summed E-state index contributed by atoms with van der Waals surface area (Å²) >= 11 is 0. The molecule has 302 valence electrons. The van der Waals surface area contributed by atoms with Gasteiger partial charge in [0.15, 0.2) is 0 Å². The average Bonchev–Trinajstić information content (AvgIpc) is 3.13. The quantitative estimate of drug-likeness (QED) is 0.0374. The summed E-state index contributed by atoms with van der Waals surface area (Å²) in [6.45, 7) is 4.17. The van der Waals surface area contributed by atoms with E-state index in [0.717, 1.165) is 38.5 Å². The topological polar surface area (TPSA) is 89.8 Å². The van der Waals surface area contributed by atoms with E-state index in [1.54, 1.807) is 6.08 Å². The van der Waals surface area contributed by atoms with Crippen LogP contribution in [0.4, 0.5) is 0 Å². The molecular weight excluding hydrogens is 631 g/mol. The lowest BCUT2D eigenvalue weighted by Crippen LogP contribution is -2.48. The van der Waals surface area contributed by atoms with Gasteiger partial charge in [-0.2, -0.15) is 0 Å². The minimum absolute atomic E-state index is 0.373. The number of hydrogen-bond donors (Lipinski definition) is 4. The number of allylic oxidation sites excluding steroid dienone is 3. The van der Waals surface area contributed by atoms with Crippen LogP contribution in [-0.4, -0.2) is 46.1 Å².